The van der Waals surface area contributed by atoms with Crippen LogP contribution in [0.5, 0.6) is 0 Å². The monoisotopic (exact) mass is 252 g/mol. The molecule has 0 N–H and O–H groups in total. The Hall–Kier alpha value is -0.960. The Morgan fingerprint density at radius 1 is 1.14 bits per heavy atom. The number of fused-ring (bicyclic) bond motifs is 1. The van der Waals surface area contributed by atoms with Crippen LogP contribution in [0.1, 0.15) is 11.1 Å². The lowest BCUT2D eigenvalue weighted by Crippen LogP contribution is -2.30. The van der Waals surface area contributed by atoms with E-state index < -0.39 is 5.79 Å². The summed E-state index contributed by atoms with van der Waals surface area (Å²) in [5.74, 6) is -0.452. The van der Waals surface area contributed by atoms with E-state index in [9.17, 15) is 0 Å². The maximum atomic E-state index is 5.52. The zero-order valence-corrected chi connectivity index (χ0v) is 9.08. The highest BCUT2D eigenvalue weighted by Crippen LogP contribution is 2.39. The normalized spacial score (nSPS) is 20.6. The topological polar surface area (TPSA) is 18.5 Å². The quantitative estimate of drug-likeness (QED) is 0.707. The van der Waals surface area contributed by atoms with Crippen LogP contribution in [0.2, 0.25) is 0 Å². The van der Waals surface area contributed by atoms with Gasteiger partial charge in [0.25, 0.3) is 5.79 Å². The molecule has 1 aliphatic carbocycles. The predicted molar refractivity (Wildman–Crippen MR) is 55.6 cm³/mol. The van der Waals surface area contributed by atoms with Crippen molar-refractivity contribution in [3.8, 4) is 0 Å². The largest absolute Gasteiger partial charge is 0.456 e. The minimum Gasteiger partial charge on any atom is -0.456 e. The summed E-state index contributed by atoms with van der Waals surface area (Å²) in [6.45, 7) is 0. The van der Waals surface area contributed by atoms with E-state index in [0.717, 1.165) is 17.3 Å². The van der Waals surface area contributed by atoms with Crippen LogP contribution in [-0.4, -0.2) is 5.79 Å². The van der Waals surface area contributed by atoms with Crippen molar-refractivity contribution < 1.29 is 9.47 Å². The zero-order chi connectivity index (χ0) is 9.60. The Morgan fingerprint density at radius 3 is 2.64 bits per heavy atom. The van der Waals surface area contributed by atoms with Crippen LogP contribution >= 0.6 is 15.9 Å². The minimum atomic E-state index is -0.452. The fourth-order valence-corrected chi connectivity index (χ4v) is 2.63. The van der Waals surface area contributed by atoms with Crippen molar-refractivity contribution in [1.82, 2.24) is 0 Å². The molecule has 0 unspecified atom stereocenters. The summed E-state index contributed by atoms with van der Waals surface area (Å²) in [5.41, 5.74) is 2.61. The first-order valence-electron chi connectivity index (χ1n) is 4.56. The van der Waals surface area contributed by atoms with Crippen molar-refractivity contribution in [2.45, 2.75) is 18.6 Å². The number of halogens is 1. The van der Waals surface area contributed by atoms with Gasteiger partial charge >= 0.3 is 0 Å². The zero-order valence-electron chi connectivity index (χ0n) is 7.50. The molecule has 0 radical (unpaired) electrons. The Morgan fingerprint density at radius 2 is 1.93 bits per heavy atom. The summed E-state index contributed by atoms with van der Waals surface area (Å²) in [6, 6.07) is 6.23. The average Bonchev–Trinajstić information content (AvgIpc) is 2.75. The predicted octanol–water partition coefficient (Wildman–Crippen LogP) is 2.76. The molecule has 1 aromatic carbocycles. The summed E-state index contributed by atoms with van der Waals surface area (Å²) in [4.78, 5) is 0. The van der Waals surface area contributed by atoms with Gasteiger partial charge in [-0.2, -0.15) is 0 Å². The second-order valence-electron chi connectivity index (χ2n) is 3.65. The van der Waals surface area contributed by atoms with Gasteiger partial charge in [0.15, 0.2) is 0 Å². The maximum absolute atomic E-state index is 5.52. The SMILES string of the molecule is Brc1cccc2c1CC1(C2)OC=CO1. The van der Waals surface area contributed by atoms with E-state index in [1.165, 1.54) is 11.1 Å². The first-order chi connectivity index (χ1) is 6.79. The lowest BCUT2D eigenvalue weighted by atomic mass is 10.1. The number of benzene rings is 1. The number of hydrogen-bond donors (Lipinski definition) is 0. The van der Waals surface area contributed by atoms with Gasteiger partial charge in [-0.15, -0.1) is 0 Å². The highest BCUT2D eigenvalue weighted by molar-refractivity contribution is 9.10. The summed E-state index contributed by atoms with van der Waals surface area (Å²) in [7, 11) is 0. The molecule has 0 saturated carbocycles. The number of ether oxygens (including phenoxy) is 2. The van der Waals surface area contributed by atoms with Crippen molar-refractivity contribution in [2.75, 3.05) is 0 Å². The molecule has 0 fully saturated rings. The summed E-state index contributed by atoms with van der Waals surface area (Å²) >= 11 is 3.55. The van der Waals surface area contributed by atoms with Crippen molar-refractivity contribution in [3.63, 3.8) is 0 Å². The number of hydrogen-bond acceptors (Lipinski definition) is 2. The fourth-order valence-electron chi connectivity index (χ4n) is 2.09. The van der Waals surface area contributed by atoms with Crippen LogP contribution in [0, 0.1) is 0 Å². The van der Waals surface area contributed by atoms with Gasteiger partial charge in [0.1, 0.15) is 12.5 Å². The molecule has 1 aromatic rings. The van der Waals surface area contributed by atoms with Gasteiger partial charge in [-0.1, -0.05) is 28.1 Å². The van der Waals surface area contributed by atoms with Crippen molar-refractivity contribution in [1.29, 1.82) is 0 Å². The molecule has 0 saturated heterocycles. The summed E-state index contributed by atoms with van der Waals surface area (Å²) < 4.78 is 12.2. The molecule has 14 heavy (non-hydrogen) atoms. The second kappa shape index (κ2) is 2.76. The van der Waals surface area contributed by atoms with Crippen molar-refractivity contribution >= 4 is 15.9 Å². The average molecular weight is 253 g/mol. The molecule has 3 rings (SSSR count). The molecule has 2 nitrogen and oxygen atoms in total. The van der Waals surface area contributed by atoms with Gasteiger partial charge in [-0.3, -0.25) is 0 Å². The smallest absolute Gasteiger partial charge is 0.257 e. The lowest BCUT2D eigenvalue weighted by molar-refractivity contribution is -0.131. The molecule has 2 aliphatic rings. The van der Waals surface area contributed by atoms with Gasteiger partial charge in [-0.25, -0.2) is 0 Å². The third-order valence-electron chi connectivity index (χ3n) is 2.74. The van der Waals surface area contributed by atoms with Crippen LogP contribution in [0.4, 0.5) is 0 Å². The Labute approximate surface area is 90.6 Å². The molecule has 3 heteroatoms. The molecule has 0 amide bonds. The molecule has 0 bridgehead atoms. The second-order valence-corrected chi connectivity index (χ2v) is 4.50. The van der Waals surface area contributed by atoms with Gasteiger partial charge in [-0.05, 0) is 17.2 Å². The summed E-state index contributed by atoms with van der Waals surface area (Å²) in [6.07, 6.45) is 4.89. The van der Waals surface area contributed by atoms with Gasteiger partial charge in [0.05, 0.1) is 12.8 Å². The van der Waals surface area contributed by atoms with E-state index >= 15 is 0 Å². The van der Waals surface area contributed by atoms with Crippen LogP contribution in [0.3, 0.4) is 0 Å². The molecule has 1 heterocycles. The van der Waals surface area contributed by atoms with Crippen LogP contribution in [0.25, 0.3) is 0 Å². The Kier molecular flexibility index (Phi) is 1.65. The molecule has 1 aliphatic heterocycles. The molecule has 0 aromatic heterocycles. The van der Waals surface area contributed by atoms with Gasteiger partial charge in [0, 0.05) is 4.47 Å². The summed E-state index contributed by atoms with van der Waals surface area (Å²) in [5, 5.41) is 0. The third-order valence-corrected chi connectivity index (χ3v) is 3.49. The molecule has 1 spiro atoms. The fraction of sp³-hybridized carbons (Fsp3) is 0.273. The highest BCUT2D eigenvalue weighted by Gasteiger charge is 2.43. The molecular formula is C11H9BrO2. The van der Waals surface area contributed by atoms with Crippen molar-refractivity contribution in [3.05, 3.63) is 46.3 Å². The first kappa shape index (κ1) is 8.36. The third kappa shape index (κ3) is 1.08. The van der Waals surface area contributed by atoms with E-state index in [2.05, 4.69) is 28.1 Å². The van der Waals surface area contributed by atoms with Crippen LogP contribution < -0.4 is 0 Å². The lowest BCUT2D eigenvalue weighted by Gasteiger charge is -2.21. The van der Waals surface area contributed by atoms with Crippen molar-refractivity contribution in [2.24, 2.45) is 0 Å². The Bertz CT molecular complexity index is 404. The number of rotatable bonds is 0. The first-order valence-corrected chi connectivity index (χ1v) is 5.35. The van der Waals surface area contributed by atoms with E-state index in [-0.39, 0.29) is 0 Å². The van der Waals surface area contributed by atoms with E-state index in [0.29, 0.717) is 0 Å². The van der Waals surface area contributed by atoms with E-state index in [1.807, 2.05) is 6.07 Å². The van der Waals surface area contributed by atoms with Gasteiger partial charge < -0.3 is 9.47 Å². The molecule has 0 atom stereocenters. The van der Waals surface area contributed by atoms with Crippen LogP contribution in [0.15, 0.2) is 35.2 Å². The standard InChI is InChI=1S/C11H9BrO2/c12-10-3-1-2-8-6-11(7-9(8)10)13-4-5-14-11/h1-5H,6-7H2. The van der Waals surface area contributed by atoms with Crippen LogP contribution in [-0.2, 0) is 22.3 Å². The van der Waals surface area contributed by atoms with E-state index in [4.69, 9.17) is 9.47 Å². The highest BCUT2D eigenvalue weighted by atomic mass is 79.9. The van der Waals surface area contributed by atoms with E-state index in [1.54, 1.807) is 12.5 Å². The molecular weight excluding hydrogens is 244 g/mol. The molecule has 72 valence electrons. The van der Waals surface area contributed by atoms with Gasteiger partial charge in [0.2, 0.25) is 0 Å². The minimum absolute atomic E-state index is 0.452. The Balaban J connectivity index is 2.01. The maximum Gasteiger partial charge on any atom is 0.257 e.